The van der Waals surface area contributed by atoms with E-state index in [0.29, 0.717) is 11.0 Å². The standard InChI is InChI=1S/C7H5BBrClN2O/c8-7(9)3-1-2-4(10)11-5(3)12-6(7)13/h1-2H,8H2,(H,11,12,13). The fraction of sp³-hybridized carbons (Fsp3) is 0.143. The smallest absolute Gasteiger partial charge is 0.238 e. The molecule has 1 unspecified atom stereocenters. The molecular weight excluding hydrogens is 254 g/mol. The van der Waals surface area contributed by atoms with Crippen LogP contribution in [0.25, 0.3) is 0 Å². The fourth-order valence-corrected chi connectivity index (χ4v) is 1.82. The first-order chi connectivity index (χ1) is 6.01. The van der Waals surface area contributed by atoms with E-state index < -0.39 is 4.22 Å². The molecule has 1 N–H and O–H groups in total. The van der Waals surface area contributed by atoms with Gasteiger partial charge in [-0.1, -0.05) is 33.6 Å². The molecule has 0 saturated carbocycles. The van der Waals surface area contributed by atoms with Gasteiger partial charge in [-0.15, -0.1) is 0 Å². The number of aromatic nitrogens is 1. The topological polar surface area (TPSA) is 42.0 Å². The van der Waals surface area contributed by atoms with E-state index in [2.05, 4.69) is 26.2 Å². The largest absolute Gasteiger partial charge is 0.310 e. The summed E-state index contributed by atoms with van der Waals surface area (Å²) in [5, 5.41) is 3.03. The highest BCUT2D eigenvalue weighted by molar-refractivity contribution is 9.10. The van der Waals surface area contributed by atoms with E-state index in [9.17, 15) is 4.79 Å². The highest BCUT2D eigenvalue weighted by atomic mass is 79.9. The van der Waals surface area contributed by atoms with Gasteiger partial charge in [0.05, 0.1) is 4.22 Å². The van der Waals surface area contributed by atoms with E-state index in [0.717, 1.165) is 5.56 Å². The third-order valence-corrected chi connectivity index (χ3v) is 3.02. The minimum atomic E-state index is -0.681. The summed E-state index contributed by atoms with van der Waals surface area (Å²) in [6.07, 6.45) is 0. The zero-order chi connectivity index (χ0) is 9.64. The molecule has 6 heteroatoms. The van der Waals surface area contributed by atoms with Gasteiger partial charge in [0, 0.05) is 5.56 Å². The number of carbonyl (C=O) groups excluding carboxylic acids is 1. The lowest BCUT2D eigenvalue weighted by atomic mass is 9.82. The molecule has 2 heterocycles. The highest BCUT2D eigenvalue weighted by Gasteiger charge is 2.40. The SMILES string of the molecule is BC1(Br)C(=O)Nc2nc(Cl)ccc21. The first-order valence-electron chi connectivity index (χ1n) is 3.69. The van der Waals surface area contributed by atoms with Gasteiger partial charge in [-0.05, 0) is 6.07 Å². The highest BCUT2D eigenvalue weighted by Crippen LogP contribution is 2.39. The Morgan fingerprint density at radius 1 is 1.62 bits per heavy atom. The molecule has 1 amide bonds. The Labute approximate surface area is 89.4 Å². The van der Waals surface area contributed by atoms with Gasteiger partial charge in [0.25, 0.3) is 0 Å². The molecule has 66 valence electrons. The van der Waals surface area contributed by atoms with E-state index in [1.54, 1.807) is 20.0 Å². The number of carbonyl (C=O) groups is 1. The van der Waals surface area contributed by atoms with Crippen molar-refractivity contribution in [2.45, 2.75) is 4.22 Å². The number of alkyl halides is 1. The minimum absolute atomic E-state index is 0.114. The van der Waals surface area contributed by atoms with Crippen molar-refractivity contribution < 1.29 is 4.79 Å². The van der Waals surface area contributed by atoms with E-state index in [-0.39, 0.29) is 5.91 Å². The summed E-state index contributed by atoms with van der Waals surface area (Å²) in [4.78, 5) is 15.4. The second-order valence-electron chi connectivity index (χ2n) is 2.99. The van der Waals surface area contributed by atoms with Crippen LogP contribution in [-0.2, 0) is 9.02 Å². The molecule has 0 spiro atoms. The number of rotatable bonds is 0. The lowest BCUT2D eigenvalue weighted by Gasteiger charge is -2.11. The first-order valence-corrected chi connectivity index (χ1v) is 4.86. The molecule has 1 aromatic heterocycles. The van der Waals surface area contributed by atoms with Crippen molar-refractivity contribution in [3.8, 4) is 0 Å². The van der Waals surface area contributed by atoms with Gasteiger partial charge < -0.3 is 5.32 Å². The summed E-state index contributed by atoms with van der Waals surface area (Å²) in [6.45, 7) is 0. The molecule has 1 aliphatic heterocycles. The predicted octanol–water partition coefficient (Wildman–Crippen LogP) is 0.868. The number of hydrogen-bond acceptors (Lipinski definition) is 2. The van der Waals surface area contributed by atoms with Crippen molar-refractivity contribution in [1.29, 1.82) is 0 Å². The average molecular weight is 259 g/mol. The Bertz CT molecular complexity index is 396. The molecule has 0 radical (unpaired) electrons. The van der Waals surface area contributed by atoms with E-state index in [4.69, 9.17) is 11.6 Å². The van der Waals surface area contributed by atoms with Gasteiger partial charge in [0.15, 0.2) is 0 Å². The molecule has 0 aromatic carbocycles. The summed E-state index contributed by atoms with van der Waals surface area (Å²) in [7, 11) is 1.78. The molecule has 1 aromatic rings. The Hall–Kier alpha value is -0.545. The van der Waals surface area contributed by atoms with Crippen LogP contribution in [0.2, 0.25) is 5.15 Å². The molecule has 1 aliphatic rings. The van der Waals surface area contributed by atoms with Crippen molar-refractivity contribution in [2.24, 2.45) is 0 Å². The first kappa shape index (κ1) is 9.03. The van der Waals surface area contributed by atoms with Crippen molar-refractivity contribution >= 4 is 47.1 Å². The zero-order valence-corrected chi connectivity index (χ0v) is 9.11. The number of nitrogens with one attached hydrogen (secondary N) is 1. The average Bonchev–Trinajstić information content (AvgIpc) is 2.23. The molecule has 13 heavy (non-hydrogen) atoms. The van der Waals surface area contributed by atoms with Gasteiger partial charge >= 0.3 is 0 Å². The second-order valence-corrected chi connectivity index (χ2v) is 4.96. The Balaban J connectivity index is 2.62. The summed E-state index contributed by atoms with van der Waals surface area (Å²) in [5.74, 6) is 0.425. The van der Waals surface area contributed by atoms with Gasteiger partial charge in [-0.25, -0.2) is 4.98 Å². The van der Waals surface area contributed by atoms with Crippen LogP contribution in [0.3, 0.4) is 0 Å². The van der Waals surface area contributed by atoms with Crippen LogP contribution in [0.15, 0.2) is 12.1 Å². The number of anilines is 1. The summed E-state index contributed by atoms with van der Waals surface area (Å²) in [6, 6.07) is 3.46. The van der Waals surface area contributed by atoms with Gasteiger partial charge in [-0.3, -0.25) is 4.79 Å². The fourth-order valence-electron chi connectivity index (χ4n) is 1.26. The van der Waals surface area contributed by atoms with Crippen LogP contribution in [-0.4, -0.2) is 18.7 Å². The number of amides is 1. The maximum atomic E-state index is 11.4. The van der Waals surface area contributed by atoms with Gasteiger partial charge in [0.1, 0.15) is 18.8 Å². The Kier molecular flexibility index (Phi) is 1.89. The quantitative estimate of drug-likeness (QED) is 0.427. The molecular formula is C7H5BBrClN2O. The van der Waals surface area contributed by atoms with Crippen LogP contribution in [0, 0.1) is 0 Å². The van der Waals surface area contributed by atoms with Crippen molar-refractivity contribution in [3.63, 3.8) is 0 Å². The summed E-state index contributed by atoms with van der Waals surface area (Å²) in [5.41, 5.74) is 0.821. The summed E-state index contributed by atoms with van der Waals surface area (Å²) >= 11 is 9.02. The summed E-state index contributed by atoms with van der Waals surface area (Å²) < 4.78 is -0.681. The number of hydrogen-bond donors (Lipinski definition) is 1. The van der Waals surface area contributed by atoms with Crippen LogP contribution in [0.5, 0.6) is 0 Å². The monoisotopic (exact) mass is 258 g/mol. The molecule has 0 saturated heterocycles. The molecule has 0 bridgehead atoms. The van der Waals surface area contributed by atoms with Crippen LogP contribution < -0.4 is 5.32 Å². The van der Waals surface area contributed by atoms with Crippen molar-refractivity contribution in [3.05, 3.63) is 22.8 Å². The molecule has 1 atom stereocenters. The van der Waals surface area contributed by atoms with Crippen LogP contribution >= 0.6 is 27.5 Å². The van der Waals surface area contributed by atoms with Crippen molar-refractivity contribution in [1.82, 2.24) is 4.98 Å². The van der Waals surface area contributed by atoms with E-state index >= 15 is 0 Å². The Morgan fingerprint density at radius 2 is 2.31 bits per heavy atom. The van der Waals surface area contributed by atoms with E-state index in [1.807, 2.05) is 0 Å². The Morgan fingerprint density at radius 3 is 3.00 bits per heavy atom. The van der Waals surface area contributed by atoms with Crippen LogP contribution in [0.4, 0.5) is 5.82 Å². The molecule has 3 nitrogen and oxygen atoms in total. The predicted molar refractivity (Wildman–Crippen MR) is 57.0 cm³/mol. The third-order valence-electron chi connectivity index (χ3n) is 2.03. The lowest BCUT2D eigenvalue weighted by molar-refractivity contribution is -0.116. The van der Waals surface area contributed by atoms with Gasteiger partial charge in [-0.2, -0.15) is 0 Å². The number of fused-ring (bicyclic) bond motifs is 1. The lowest BCUT2D eigenvalue weighted by Crippen LogP contribution is -2.27. The number of nitrogens with zero attached hydrogens (tertiary/aromatic N) is 1. The van der Waals surface area contributed by atoms with Crippen molar-refractivity contribution in [2.75, 3.05) is 5.32 Å². The minimum Gasteiger partial charge on any atom is -0.310 e. The molecule has 0 fully saturated rings. The van der Waals surface area contributed by atoms with Gasteiger partial charge in [0.2, 0.25) is 5.91 Å². The third kappa shape index (κ3) is 1.26. The number of halogens is 2. The maximum Gasteiger partial charge on any atom is 0.238 e. The zero-order valence-electron chi connectivity index (χ0n) is 6.77. The second kappa shape index (κ2) is 2.72. The van der Waals surface area contributed by atoms with E-state index in [1.165, 1.54) is 0 Å². The molecule has 2 rings (SSSR count). The number of pyridine rings is 1. The normalized spacial score (nSPS) is 25.5. The van der Waals surface area contributed by atoms with Crippen LogP contribution in [0.1, 0.15) is 5.56 Å². The maximum absolute atomic E-state index is 11.4. The molecule has 0 aliphatic carbocycles.